The maximum Gasteiger partial charge on any atom is 0.212 e. The number of carbonyl (C=O) groups excluding carboxylic acids is 1. The van der Waals surface area contributed by atoms with Crippen LogP contribution in [0.25, 0.3) is 27.7 Å². The third-order valence-electron chi connectivity index (χ3n) is 4.63. The van der Waals surface area contributed by atoms with Gasteiger partial charge >= 0.3 is 0 Å². The maximum atomic E-state index is 15.3. The van der Waals surface area contributed by atoms with Crippen LogP contribution < -0.4 is 5.32 Å². The Labute approximate surface area is 167 Å². The average molecular weight is 411 g/mol. The molecule has 0 bridgehead atoms. The van der Waals surface area contributed by atoms with Gasteiger partial charge < -0.3 is 9.72 Å². The number of aromatic nitrogens is 7. The van der Waals surface area contributed by atoms with E-state index < -0.39 is 5.82 Å². The highest BCUT2D eigenvalue weighted by Crippen LogP contribution is 2.39. The number of fused-ring (bicyclic) bond motifs is 2. The van der Waals surface area contributed by atoms with Crippen molar-refractivity contribution < 1.29 is 9.18 Å². The van der Waals surface area contributed by atoms with Gasteiger partial charge in [-0.15, -0.1) is 5.10 Å². The fourth-order valence-electron chi connectivity index (χ4n) is 3.36. The van der Waals surface area contributed by atoms with E-state index >= 15 is 4.39 Å². The fraction of sp³-hybridized carbons (Fsp3) is 0.0556. The van der Waals surface area contributed by atoms with E-state index in [0.717, 1.165) is 0 Å². The number of aromatic amines is 1. The van der Waals surface area contributed by atoms with Gasteiger partial charge in [-0.2, -0.15) is 5.10 Å². The summed E-state index contributed by atoms with van der Waals surface area (Å²) < 4.78 is 18.5. The number of nitrogens with one attached hydrogen (secondary N) is 2. The number of carbonyl (C=O) groups is 1. The SMILES string of the molecule is O=CNc1cn2cc(-c3c(Cl)c(F)c(Cn4ccnn4)c4[nH]ncc34)ccc2n1. The van der Waals surface area contributed by atoms with E-state index in [1.165, 1.54) is 10.9 Å². The van der Waals surface area contributed by atoms with Crippen molar-refractivity contribution in [1.82, 2.24) is 34.6 Å². The number of amides is 1. The van der Waals surface area contributed by atoms with Crippen LogP contribution in [0.4, 0.5) is 10.2 Å². The van der Waals surface area contributed by atoms with Crippen LogP contribution in [-0.2, 0) is 11.3 Å². The van der Waals surface area contributed by atoms with Gasteiger partial charge in [0.2, 0.25) is 6.41 Å². The number of rotatable bonds is 5. The number of anilines is 1. The Bertz CT molecular complexity index is 1360. The van der Waals surface area contributed by atoms with Crippen LogP contribution in [0.1, 0.15) is 5.56 Å². The molecule has 0 atom stereocenters. The predicted octanol–water partition coefficient (Wildman–Crippen LogP) is 2.88. The molecule has 0 spiro atoms. The molecule has 0 aliphatic carbocycles. The van der Waals surface area contributed by atoms with E-state index in [4.69, 9.17) is 11.6 Å². The molecular formula is C18H12ClFN8O. The van der Waals surface area contributed by atoms with Crippen molar-refractivity contribution in [1.29, 1.82) is 0 Å². The largest absolute Gasteiger partial charge is 0.312 e. The highest BCUT2D eigenvalue weighted by Gasteiger charge is 2.22. The van der Waals surface area contributed by atoms with E-state index in [1.54, 1.807) is 41.3 Å². The lowest BCUT2D eigenvalue weighted by molar-refractivity contribution is -0.105. The standard InChI is InChI=1S/C18H12ClFN8O/c19-16-15(10-1-2-14-24-13(21-9-29)8-27(14)6-10)11-5-23-25-18(11)12(17(16)20)7-28-4-3-22-26-28/h1-6,8-9H,7H2,(H,21,29)(H,23,25). The van der Waals surface area contributed by atoms with Gasteiger partial charge in [-0.1, -0.05) is 16.8 Å². The second kappa shape index (κ2) is 6.67. The number of hydrogen-bond donors (Lipinski definition) is 2. The van der Waals surface area contributed by atoms with E-state index in [1.807, 2.05) is 0 Å². The minimum absolute atomic E-state index is 0.0141. The minimum atomic E-state index is -0.553. The lowest BCUT2D eigenvalue weighted by Crippen LogP contribution is -2.05. The van der Waals surface area contributed by atoms with Crippen molar-refractivity contribution in [2.45, 2.75) is 6.54 Å². The van der Waals surface area contributed by atoms with Crippen LogP contribution in [0.2, 0.25) is 5.02 Å². The highest BCUT2D eigenvalue weighted by molar-refractivity contribution is 6.35. The van der Waals surface area contributed by atoms with E-state index in [9.17, 15) is 4.79 Å². The Hall–Kier alpha value is -3.79. The Balaban J connectivity index is 1.69. The first kappa shape index (κ1) is 17.3. The van der Waals surface area contributed by atoms with Crippen LogP contribution in [0.5, 0.6) is 0 Å². The topological polar surface area (TPSA) is 106 Å². The third-order valence-corrected chi connectivity index (χ3v) is 4.98. The number of hydrogen-bond acceptors (Lipinski definition) is 5. The molecule has 9 nitrogen and oxygen atoms in total. The predicted molar refractivity (Wildman–Crippen MR) is 104 cm³/mol. The van der Waals surface area contributed by atoms with Crippen LogP contribution in [0.3, 0.4) is 0 Å². The molecule has 4 aromatic heterocycles. The van der Waals surface area contributed by atoms with Gasteiger partial charge in [-0.3, -0.25) is 9.89 Å². The van der Waals surface area contributed by atoms with Crippen molar-refractivity contribution in [2.75, 3.05) is 5.32 Å². The van der Waals surface area contributed by atoms with Gasteiger partial charge in [-0.25, -0.2) is 14.1 Å². The molecule has 0 fully saturated rings. The fourth-order valence-corrected chi connectivity index (χ4v) is 3.68. The Morgan fingerprint density at radius 2 is 2.21 bits per heavy atom. The molecule has 1 aromatic carbocycles. The Kier molecular flexibility index (Phi) is 3.98. The molecule has 0 unspecified atom stereocenters. The molecule has 2 N–H and O–H groups in total. The van der Waals surface area contributed by atoms with Gasteiger partial charge in [0, 0.05) is 34.5 Å². The number of nitrogens with zero attached hydrogens (tertiary/aromatic N) is 6. The zero-order valence-electron chi connectivity index (χ0n) is 14.7. The van der Waals surface area contributed by atoms with Crippen molar-refractivity contribution in [3.05, 3.63) is 59.5 Å². The maximum absolute atomic E-state index is 15.3. The van der Waals surface area contributed by atoms with Gasteiger partial charge in [0.05, 0.1) is 35.7 Å². The molecule has 0 radical (unpaired) electrons. The second-order valence-corrected chi connectivity index (χ2v) is 6.69. The zero-order chi connectivity index (χ0) is 20.0. The summed E-state index contributed by atoms with van der Waals surface area (Å²) in [7, 11) is 0. The summed E-state index contributed by atoms with van der Waals surface area (Å²) in [5.41, 5.74) is 2.69. The minimum Gasteiger partial charge on any atom is -0.312 e. The number of halogens is 2. The smallest absolute Gasteiger partial charge is 0.212 e. The van der Waals surface area contributed by atoms with Crippen molar-refractivity contribution >= 4 is 40.4 Å². The van der Waals surface area contributed by atoms with Crippen molar-refractivity contribution in [3.63, 3.8) is 0 Å². The summed E-state index contributed by atoms with van der Waals surface area (Å²) in [6.07, 6.45) is 8.75. The monoisotopic (exact) mass is 410 g/mol. The second-order valence-electron chi connectivity index (χ2n) is 6.31. The number of H-pyrrole nitrogens is 1. The molecule has 29 heavy (non-hydrogen) atoms. The molecule has 0 aliphatic rings. The van der Waals surface area contributed by atoms with E-state index in [-0.39, 0.29) is 11.6 Å². The van der Waals surface area contributed by atoms with Crippen molar-refractivity contribution in [3.8, 4) is 11.1 Å². The summed E-state index contributed by atoms with van der Waals surface area (Å²) in [4.78, 5) is 14.9. The molecule has 0 saturated heterocycles. The lowest BCUT2D eigenvalue weighted by atomic mass is 9.99. The van der Waals surface area contributed by atoms with Crippen LogP contribution in [0, 0.1) is 5.82 Å². The summed E-state index contributed by atoms with van der Waals surface area (Å²) in [5, 5.41) is 17.7. The molecule has 5 aromatic rings. The first-order chi connectivity index (χ1) is 14.2. The van der Waals surface area contributed by atoms with Gasteiger partial charge in [0.15, 0.2) is 5.82 Å². The molecule has 1 amide bonds. The first-order valence-corrected chi connectivity index (χ1v) is 8.90. The quantitative estimate of drug-likeness (QED) is 0.433. The molecule has 0 aliphatic heterocycles. The molecular weight excluding hydrogens is 399 g/mol. The lowest BCUT2D eigenvalue weighted by Gasteiger charge is -2.13. The van der Waals surface area contributed by atoms with Crippen LogP contribution >= 0.6 is 11.6 Å². The molecule has 144 valence electrons. The number of imidazole rings is 1. The summed E-state index contributed by atoms with van der Waals surface area (Å²) in [6.45, 7) is 0.159. The Morgan fingerprint density at radius 3 is 3.00 bits per heavy atom. The first-order valence-electron chi connectivity index (χ1n) is 8.52. The molecule has 0 saturated carbocycles. The normalized spacial score (nSPS) is 11.4. The molecule has 4 heterocycles. The van der Waals surface area contributed by atoms with Gasteiger partial charge in [0.1, 0.15) is 11.5 Å². The average Bonchev–Trinajstić information content (AvgIpc) is 3.46. The number of benzene rings is 1. The van der Waals surface area contributed by atoms with Crippen LogP contribution in [0.15, 0.2) is 43.1 Å². The van der Waals surface area contributed by atoms with Crippen molar-refractivity contribution in [2.24, 2.45) is 0 Å². The zero-order valence-corrected chi connectivity index (χ0v) is 15.4. The summed E-state index contributed by atoms with van der Waals surface area (Å²) in [6, 6.07) is 3.55. The van der Waals surface area contributed by atoms with E-state index in [0.29, 0.717) is 45.5 Å². The molecule has 11 heteroatoms. The summed E-state index contributed by atoms with van der Waals surface area (Å²) >= 11 is 6.47. The highest BCUT2D eigenvalue weighted by atomic mass is 35.5. The third kappa shape index (κ3) is 2.81. The molecule has 5 rings (SSSR count). The van der Waals surface area contributed by atoms with E-state index in [2.05, 4.69) is 30.8 Å². The Morgan fingerprint density at radius 1 is 1.31 bits per heavy atom. The van der Waals surface area contributed by atoms with Gasteiger partial charge in [-0.05, 0) is 12.1 Å². The van der Waals surface area contributed by atoms with Crippen LogP contribution in [-0.4, -0.2) is 41.0 Å². The summed E-state index contributed by atoms with van der Waals surface area (Å²) in [5.74, 6) is -0.144. The number of pyridine rings is 1. The van der Waals surface area contributed by atoms with Gasteiger partial charge in [0.25, 0.3) is 0 Å².